The number of hydrogen-bond acceptors (Lipinski definition) is 3. The molecule has 0 aromatic heterocycles. The predicted octanol–water partition coefficient (Wildman–Crippen LogP) is 2.17. The number of rotatable bonds is 3. The topological polar surface area (TPSA) is 35.5 Å². The molecule has 2 rings (SSSR count). The van der Waals surface area contributed by atoms with E-state index in [9.17, 15) is 9.18 Å². The second-order valence-corrected chi connectivity index (χ2v) is 3.81. The summed E-state index contributed by atoms with van der Waals surface area (Å²) in [5, 5.41) is 0. The molecule has 90 valence electrons. The van der Waals surface area contributed by atoms with Crippen LogP contribution in [-0.4, -0.2) is 25.3 Å². The first-order valence-electron chi connectivity index (χ1n) is 5.46. The molecule has 0 N–H and O–H groups in total. The molecule has 1 aromatic rings. The molecule has 4 heteroatoms. The van der Waals surface area contributed by atoms with Crippen LogP contribution in [0.15, 0.2) is 30.3 Å². The van der Waals surface area contributed by atoms with Gasteiger partial charge in [0.1, 0.15) is 11.9 Å². The predicted molar refractivity (Wildman–Crippen MR) is 60.8 cm³/mol. The highest BCUT2D eigenvalue weighted by Gasteiger charge is 2.18. The van der Waals surface area contributed by atoms with Crippen LogP contribution in [-0.2, 0) is 14.3 Å². The second-order valence-electron chi connectivity index (χ2n) is 3.81. The van der Waals surface area contributed by atoms with E-state index >= 15 is 0 Å². The van der Waals surface area contributed by atoms with Gasteiger partial charge in [-0.15, -0.1) is 0 Å². The van der Waals surface area contributed by atoms with E-state index in [4.69, 9.17) is 9.47 Å². The van der Waals surface area contributed by atoms with E-state index < -0.39 is 5.97 Å². The van der Waals surface area contributed by atoms with Crippen molar-refractivity contribution < 1.29 is 18.7 Å². The smallest absolute Gasteiger partial charge is 0.331 e. The van der Waals surface area contributed by atoms with Crippen LogP contribution >= 0.6 is 0 Å². The Morgan fingerprint density at radius 2 is 2.18 bits per heavy atom. The summed E-state index contributed by atoms with van der Waals surface area (Å²) in [7, 11) is 0. The summed E-state index contributed by atoms with van der Waals surface area (Å²) in [5.74, 6) is -0.697. The Labute approximate surface area is 98.8 Å². The molecular formula is C13H13FO3. The number of hydrogen-bond donors (Lipinski definition) is 0. The molecule has 1 saturated heterocycles. The zero-order valence-corrected chi connectivity index (χ0v) is 9.27. The van der Waals surface area contributed by atoms with Crippen molar-refractivity contribution in [3.05, 3.63) is 41.7 Å². The largest absolute Gasteiger partial charge is 0.457 e. The molecule has 0 radical (unpaired) electrons. The molecule has 0 bridgehead atoms. The molecular weight excluding hydrogens is 223 g/mol. The maximum atomic E-state index is 12.6. The van der Waals surface area contributed by atoms with Crippen LogP contribution in [0.2, 0.25) is 0 Å². The first kappa shape index (κ1) is 11.8. The average molecular weight is 236 g/mol. The molecule has 0 unspecified atom stereocenters. The summed E-state index contributed by atoms with van der Waals surface area (Å²) in [5.41, 5.74) is 0.756. The minimum atomic E-state index is -0.398. The third kappa shape index (κ3) is 3.67. The molecule has 0 saturated carbocycles. The van der Waals surface area contributed by atoms with Crippen LogP contribution in [0, 0.1) is 5.82 Å². The molecule has 1 aromatic carbocycles. The van der Waals surface area contributed by atoms with Gasteiger partial charge in [0.25, 0.3) is 0 Å². The molecule has 1 aliphatic rings. The van der Waals surface area contributed by atoms with Gasteiger partial charge in [0.05, 0.1) is 13.2 Å². The molecule has 17 heavy (non-hydrogen) atoms. The van der Waals surface area contributed by atoms with Crippen molar-refractivity contribution in [2.45, 2.75) is 12.5 Å². The summed E-state index contributed by atoms with van der Waals surface area (Å²) in [4.78, 5) is 11.4. The van der Waals surface area contributed by atoms with Gasteiger partial charge >= 0.3 is 5.97 Å². The summed E-state index contributed by atoms with van der Waals surface area (Å²) in [6, 6.07) is 5.88. The van der Waals surface area contributed by atoms with E-state index in [0.29, 0.717) is 13.2 Å². The van der Waals surface area contributed by atoms with Crippen LogP contribution in [0.4, 0.5) is 4.39 Å². The summed E-state index contributed by atoms with van der Waals surface area (Å²) in [6.45, 7) is 1.11. The first-order valence-corrected chi connectivity index (χ1v) is 5.46. The number of carbonyl (C=O) groups is 1. The van der Waals surface area contributed by atoms with E-state index in [0.717, 1.165) is 12.0 Å². The number of benzene rings is 1. The molecule has 1 aliphatic heterocycles. The molecule has 0 amide bonds. The van der Waals surface area contributed by atoms with Crippen molar-refractivity contribution in [1.29, 1.82) is 0 Å². The third-order valence-corrected chi connectivity index (χ3v) is 2.45. The van der Waals surface area contributed by atoms with Gasteiger partial charge in [-0.2, -0.15) is 0 Å². The van der Waals surface area contributed by atoms with Crippen molar-refractivity contribution in [3.63, 3.8) is 0 Å². The SMILES string of the molecule is O=C(/C=C\c1ccc(F)cc1)O[C@@H]1CCOC1. The van der Waals surface area contributed by atoms with Gasteiger partial charge < -0.3 is 9.47 Å². The lowest BCUT2D eigenvalue weighted by atomic mass is 10.2. The fourth-order valence-corrected chi connectivity index (χ4v) is 1.55. The molecule has 0 spiro atoms. The Hall–Kier alpha value is -1.68. The van der Waals surface area contributed by atoms with E-state index in [-0.39, 0.29) is 11.9 Å². The summed E-state index contributed by atoms with van der Waals surface area (Å²) in [6.07, 6.45) is 3.54. The number of halogens is 1. The lowest BCUT2D eigenvalue weighted by Gasteiger charge is -2.06. The van der Waals surface area contributed by atoms with E-state index in [2.05, 4.69) is 0 Å². The Balaban J connectivity index is 1.86. The van der Waals surface area contributed by atoms with Gasteiger partial charge in [-0.05, 0) is 23.8 Å². The monoisotopic (exact) mass is 236 g/mol. The Morgan fingerprint density at radius 1 is 1.41 bits per heavy atom. The highest BCUT2D eigenvalue weighted by atomic mass is 19.1. The fourth-order valence-electron chi connectivity index (χ4n) is 1.55. The second kappa shape index (κ2) is 5.59. The van der Waals surface area contributed by atoms with Gasteiger partial charge in [-0.3, -0.25) is 0 Å². The molecule has 1 atom stereocenters. The van der Waals surface area contributed by atoms with Crippen molar-refractivity contribution in [3.8, 4) is 0 Å². The highest BCUT2D eigenvalue weighted by Crippen LogP contribution is 2.09. The Morgan fingerprint density at radius 3 is 2.82 bits per heavy atom. The zero-order valence-electron chi connectivity index (χ0n) is 9.27. The number of esters is 1. The maximum Gasteiger partial charge on any atom is 0.331 e. The van der Waals surface area contributed by atoms with Crippen molar-refractivity contribution >= 4 is 12.0 Å². The fraction of sp³-hybridized carbons (Fsp3) is 0.308. The molecule has 1 heterocycles. The minimum absolute atomic E-state index is 0.139. The molecule has 3 nitrogen and oxygen atoms in total. The van der Waals surface area contributed by atoms with Gasteiger partial charge in [-0.1, -0.05) is 12.1 Å². The van der Waals surface area contributed by atoms with E-state index in [1.54, 1.807) is 18.2 Å². The Bertz CT molecular complexity index is 405. The summed E-state index contributed by atoms with van der Waals surface area (Å²) >= 11 is 0. The van der Waals surface area contributed by atoms with Gasteiger partial charge in [0.15, 0.2) is 0 Å². The normalized spacial score (nSPS) is 19.7. The van der Waals surface area contributed by atoms with E-state index in [1.807, 2.05) is 0 Å². The minimum Gasteiger partial charge on any atom is -0.457 e. The Kier molecular flexibility index (Phi) is 3.88. The van der Waals surface area contributed by atoms with Crippen LogP contribution in [0.3, 0.4) is 0 Å². The van der Waals surface area contributed by atoms with Crippen LogP contribution in [0.25, 0.3) is 6.08 Å². The lowest BCUT2D eigenvalue weighted by Crippen LogP contribution is -2.16. The van der Waals surface area contributed by atoms with Crippen molar-refractivity contribution in [1.82, 2.24) is 0 Å². The van der Waals surface area contributed by atoms with Crippen LogP contribution in [0.1, 0.15) is 12.0 Å². The van der Waals surface area contributed by atoms with Crippen LogP contribution < -0.4 is 0 Å². The highest BCUT2D eigenvalue weighted by molar-refractivity contribution is 5.87. The lowest BCUT2D eigenvalue weighted by molar-refractivity contribution is -0.142. The third-order valence-electron chi connectivity index (χ3n) is 2.45. The summed E-state index contributed by atoms with van der Waals surface area (Å²) < 4.78 is 22.8. The van der Waals surface area contributed by atoms with Crippen molar-refractivity contribution in [2.75, 3.05) is 13.2 Å². The number of ether oxygens (including phenoxy) is 2. The van der Waals surface area contributed by atoms with Gasteiger partial charge in [0, 0.05) is 12.5 Å². The maximum absolute atomic E-state index is 12.6. The van der Waals surface area contributed by atoms with E-state index in [1.165, 1.54) is 18.2 Å². The first-order chi connectivity index (χ1) is 8.24. The van der Waals surface area contributed by atoms with Crippen molar-refractivity contribution in [2.24, 2.45) is 0 Å². The van der Waals surface area contributed by atoms with Crippen LogP contribution in [0.5, 0.6) is 0 Å². The zero-order chi connectivity index (χ0) is 12.1. The standard InChI is InChI=1S/C13H13FO3/c14-11-4-1-10(2-5-11)3-6-13(15)17-12-7-8-16-9-12/h1-6,12H,7-9H2/b6-3-/t12-/m1/s1. The molecule has 1 fully saturated rings. The average Bonchev–Trinajstić information content (AvgIpc) is 2.81. The quantitative estimate of drug-likeness (QED) is 0.596. The van der Waals surface area contributed by atoms with Gasteiger partial charge in [0.2, 0.25) is 0 Å². The number of carbonyl (C=O) groups excluding carboxylic acids is 1. The van der Waals surface area contributed by atoms with Gasteiger partial charge in [-0.25, -0.2) is 9.18 Å². The molecule has 0 aliphatic carbocycles.